The maximum Gasteiger partial charge on any atom is 0.213 e. The first-order valence-corrected chi connectivity index (χ1v) is 8.70. The normalized spacial score (nSPS) is 15.9. The molecule has 0 aromatic carbocycles. The summed E-state index contributed by atoms with van der Waals surface area (Å²) >= 11 is 5.80. The van der Waals surface area contributed by atoms with Crippen molar-refractivity contribution >= 4 is 27.4 Å². The highest BCUT2D eigenvalue weighted by Crippen LogP contribution is 2.25. The lowest BCUT2D eigenvalue weighted by atomic mass is 9.86. The number of nitrogens with zero attached hydrogens (tertiary/aromatic N) is 2. The number of hydrogen-bond acceptors (Lipinski definition) is 5. The Hall–Kier alpha value is -0.920. The van der Waals surface area contributed by atoms with Gasteiger partial charge in [0, 0.05) is 19.2 Å². The molecule has 0 spiro atoms. The second kappa shape index (κ2) is 6.69. The van der Waals surface area contributed by atoms with Crippen LogP contribution in [0.2, 0.25) is 5.15 Å². The molecule has 1 aromatic rings. The SMILES string of the molecule is Cc1nc(Cl)cc(NCCS(=O)(=O)NCC2CCC2)n1. The van der Waals surface area contributed by atoms with Gasteiger partial charge in [0.1, 0.15) is 16.8 Å². The number of sulfonamides is 1. The molecule has 0 radical (unpaired) electrons. The number of rotatable bonds is 7. The number of aromatic nitrogens is 2. The average Bonchev–Trinajstić information content (AvgIpc) is 2.24. The van der Waals surface area contributed by atoms with Crippen molar-refractivity contribution in [1.29, 1.82) is 0 Å². The Morgan fingerprint density at radius 1 is 1.40 bits per heavy atom. The third-order valence-electron chi connectivity index (χ3n) is 3.30. The van der Waals surface area contributed by atoms with Crippen molar-refractivity contribution in [2.75, 3.05) is 24.2 Å². The fourth-order valence-electron chi connectivity index (χ4n) is 1.95. The average molecular weight is 319 g/mol. The van der Waals surface area contributed by atoms with Crippen molar-refractivity contribution in [2.24, 2.45) is 5.92 Å². The van der Waals surface area contributed by atoms with E-state index in [9.17, 15) is 8.42 Å². The molecule has 1 heterocycles. The first-order valence-electron chi connectivity index (χ1n) is 6.67. The van der Waals surface area contributed by atoms with Crippen LogP contribution in [0, 0.1) is 12.8 Å². The van der Waals surface area contributed by atoms with Gasteiger partial charge in [-0.2, -0.15) is 0 Å². The van der Waals surface area contributed by atoms with Crippen LogP contribution in [0.5, 0.6) is 0 Å². The Morgan fingerprint density at radius 3 is 2.75 bits per heavy atom. The maximum absolute atomic E-state index is 11.8. The van der Waals surface area contributed by atoms with Gasteiger partial charge < -0.3 is 5.32 Å². The van der Waals surface area contributed by atoms with Gasteiger partial charge in [0.25, 0.3) is 0 Å². The summed E-state index contributed by atoms with van der Waals surface area (Å²) in [5, 5.41) is 3.28. The number of aryl methyl sites for hydroxylation is 1. The van der Waals surface area contributed by atoms with Crippen LogP contribution in [0.15, 0.2) is 6.07 Å². The number of nitrogens with one attached hydrogen (secondary N) is 2. The summed E-state index contributed by atoms with van der Waals surface area (Å²) in [4.78, 5) is 8.07. The van der Waals surface area contributed by atoms with Gasteiger partial charge in [0.05, 0.1) is 5.75 Å². The van der Waals surface area contributed by atoms with E-state index in [0.29, 0.717) is 29.3 Å². The summed E-state index contributed by atoms with van der Waals surface area (Å²) in [6.07, 6.45) is 3.46. The molecule has 0 bridgehead atoms. The molecule has 8 heteroatoms. The van der Waals surface area contributed by atoms with Crippen molar-refractivity contribution in [3.8, 4) is 0 Å². The van der Waals surface area contributed by atoms with Gasteiger partial charge in [0.2, 0.25) is 10.0 Å². The third kappa shape index (κ3) is 4.88. The molecule has 1 aliphatic rings. The third-order valence-corrected chi connectivity index (χ3v) is 4.84. The summed E-state index contributed by atoms with van der Waals surface area (Å²) in [6, 6.07) is 1.57. The highest BCUT2D eigenvalue weighted by atomic mass is 35.5. The van der Waals surface area contributed by atoms with Crippen molar-refractivity contribution in [3.05, 3.63) is 17.0 Å². The highest BCUT2D eigenvalue weighted by molar-refractivity contribution is 7.89. The molecule has 2 N–H and O–H groups in total. The molecule has 1 fully saturated rings. The van der Waals surface area contributed by atoms with E-state index in [1.165, 1.54) is 6.42 Å². The predicted octanol–water partition coefficient (Wildman–Crippen LogP) is 1.57. The van der Waals surface area contributed by atoms with Crippen LogP contribution in [0.4, 0.5) is 5.82 Å². The van der Waals surface area contributed by atoms with E-state index in [1.807, 2.05) is 0 Å². The van der Waals surface area contributed by atoms with E-state index in [0.717, 1.165) is 12.8 Å². The van der Waals surface area contributed by atoms with E-state index in [-0.39, 0.29) is 12.3 Å². The Bertz CT molecular complexity index is 540. The van der Waals surface area contributed by atoms with E-state index in [1.54, 1.807) is 13.0 Å². The van der Waals surface area contributed by atoms with Gasteiger partial charge in [-0.15, -0.1) is 0 Å². The van der Waals surface area contributed by atoms with E-state index >= 15 is 0 Å². The van der Waals surface area contributed by atoms with Crippen molar-refractivity contribution < 1.29 is 8.42 Å². The van der Waals surface area contributed by atoms with Gasteiger partial charge in [-0.1, -0.05) is 18.0 Å². The highest BCUT2D eigenvalue weighted by Gasteiger charge is 2.19. The van der Waals surface area contributed by atoms with Gasteiger partial charge in [-0.05, 0) is 25.7 Å². The molecule has 6 nitrogen and oxygen atoms in total. The number of anilines is 1. The van der Waals surface area contributed by atoms with Gasteiger partial charge in [-0.25, -0.2) is 23.1 Å². The fraction of sp³-hybridized carbons (Fsp3) is 0.667. The summed E-state index contributed by atoms with van der Waals surface area (Å²) in [5.74, 6) is 1.61. The minimum Gasteiger partial charge on any atom is -0.369 e. The van der Waals surface area contributed by atoms with E-state index in [4.69, 9.17) is 11.6 Å². The van der Waals surface area contributed by atoms with Crippen LogP contribution < -0.4 is 10.0 Å². The smallest absolute Gasteiger partial charge is 0.213 e. The van der Waals surface area contributed by atoms with Crippen LogP contribution in [-0.4, -0.2) is 37.2 Å². The molecule has 112 valence electrons. The second-order valence-electron chi connectivity index (χ2n) is 5.01. The van der Waals surface area contributed by atoms with Gasteiger partial charge >= 0.3 is 0 Å². The molecule has 1 aromatic heterocycles. The molecule has 0 amide bonds. The molecule has 0 aliphatic heterocycles. The molecule has 1 aliphatic carbocycles. The minimum atomic E-state index is -3.23. The Kier molecular flexibility index (Phi) is 5.17. The minimum absolute atomic E-state index is 0.0143. The molecule has 0 atom stereocenters. The lowest BCUT2D eigenvalue weighted by Gasteiger charge is -2.25. The largest absolute Gasteiger partial charge is 0.369 e. The zero-order valence-electron chi connectivity index (χ0n) is 11.4. The zero-order valence-corrected chi connectivity index (χ0v) is 13.0. The summed E-state index contributed by atoms with van der Waals surface area (Å²) < 4.78 is 26.2. The molecule has 0 saturated heterocycles. The summed E-state index contributed by atoms with van der Waals surface area (Å²) in [6.45, 7) is 2.57. The molecule has 20 heavy (non-hydrogen) atoms. The molecular weight excluding hydrogens is 300 g/mol. The monoisotopic (exact) mass is 318 g/mol. The Morgan fingerprint density at radius 2 is 2.15 bits per heavy atom. The molecule has 2 rings (SSSR count). The lowest BCUT2D eigenvalue weighted by molar-refractivity contribution is 0.316. The van der Waals surface area contributed by atoms with Crippen molar-refractivity contribution in [3.63, 3.8) is 0 Å². The van der Waals surface area contributed by atoms with Crippen molar-refractivity contribution in [1.82, 2.24) is 14.7 Å². The molecule has 0 unspecified atom stereocenters. The van der Waals surface area contributed by atoms with Crippen LogP contribution in [-0.2, 0) is 10.0 Å². The fourth-order valence-corrected chi connectivity index (χ4v) is 3.18. The number of halogens is 1. The summed E-state index contributed by atoms with van der Waals surface area (Å²) in [7, 11) is -3.23. The Balaban J connectivity index is 1.76. The first kappa shape index (κ1) is 15.5. The van der Waals surface area contributed by atoms with Crippen molar-refractivity contribution in [2.45, 2.75) is 26.2 Å². The lowest BCUT2D eigenvalue weighted by Crippen LogP contribution is -2.35. The summed E-state index contributed by atoms with van der Waals surface area (Å²) in [5.41, 5.74) is 0. The van der Waals surface area contributed by atoms with E-state index < -0.39 is 10.0 Å². The quantitative estimate of drug-likeness (QED) is 0.746. The van der Waals surface area contributed by atoms with Crippen LogP contribution in [0.25, 0.3) is 0 Å². The Labute approximate surface area is 124 Å². The topological polar surface area (TPSA) is 84.0 Å². The first-order chi connectivity index (χ1) is 9.44. The van der Waals surface area contributed by atoms with Crippen LogP contribution in [0.1, 0.15) is 25.1 Å². The maximum atomic E-state index is 11.8. The van der Waals surface area contributed by atoms with E-state index in [2.05, 4.69) is 20.0 Å². The zero-order chi connectivity index (χ0) is 14.6. The molecular formula is C12H19ClN4O2S. The number of hydrogen-bond donors (Lipinski definition) is 2. The molecule has 1 saturated carbocycles. The van der Waals surface area contributed by atoms with Gasteiger partial charge in [-0.3, -0.25) is 0 Å². The predicted molar refractivity (Wildman–Crippen MR) is 79.4 cm³/mol. The second-order valence-corrected chi connectivity index (χ2v) is 7.33. The standard InChI is InChI=1S/C12H19ClN4O2S/c1-9-16-11(13)7-12(17-9)14-5-6-20(18,19)15-8-10-3-2-4-10/h7,10,15H,2-6,8H2,1H3,(H,14,16,17). The van der Waals surface area contributed by atoms with Crippen LogP contribution >= 0.6 is 11.6 Å². The van der Waals surface area contributed by atoms with Gasteiger partial charge in [0.15, 0.2) is 0 Å². The van der Waals surface area contributed by atoms with Crippen LogP contribution in [0.3, 0.4) is 0 Å².